The third-order valence-electron chi connectivity index (χ3n) is 4.84. The predicted molar refractivity (Wildman–Crippen MR) is 80.4 cm³/mol. The number of nitrogens with zero attached hydrogens (tertiary/aromatic N) is 1. The molecule has 3 rings (SSSR count). The van der Waals surface area contributed by atoms with E-state index in [1.165, 1.54) is 32.1 Å². The van der Waals surface area contributed by atoms with Crippen molar-refractivity contribution in [3.8, 4) is 11.8 Å². The maximum absolute atomic E-state index is 10.4. The van der Waals surface area contributed by atoms with Gasteiger partial charge in [0.05, 0.1) is 0 Å². The fraction of sp³-hybridized carbons (Fsp3) is 0.647. The number of hydrogen-bond donors (Lipinski definition) is 2. The Morgan fingerprint density at radius 1 is 0.950 bits per heavy atom. The van der Waals surface area contributed by atoms with Crippen LogP contribution in [0.5, 0.6) is 11.8 Å². The second-order valence-corrected chi connectivity index (χ2v) is 6.23. The van der Waals surface area contributed by atoms with Crippen molar-refractivity contribution in [3.63, 3.8) is 0 Å². The Morgan fingerprint density at radius 3 is 2.10 bits per heavy atom. The first-order valence-electron chi connectivity index (χ1n) is 8.06. The van der Waals surface area contributed by atoms with Crippen molar-refractivity contribution in [2.75, 3.05) is 0 Å². The molecule has 3 nitrogen and oxygen atoms in total. The molecule has 2 aliphatic carbocycles. The lowest BCUT2D eigenvalue weighted by Gasteiger charge is -2.09. The van der Waals surface area contributed by atoms with Gasteiger partial charge in [0.15, 0.2) is 11.8 Å². The van der Waals surface area contributed by atoms with Crippen LogP contribution < -0.4 is 0 Å². The van der Waals surface area contributed by atoms with Crippen molar-refractivity contribution in [1.29, 1.82) is 0 Å². The molecule has 0 spiro atoms. The Morgan fingerprint density at radius 2 is 1.50 bits per heavy atom. The zero-order chi connectivity index (χ0) is 14.1. The van der Waals surface area contributed by atoms with E-state index in [0.717, 1.165) is 30.5 Å². The van der Waals surface area contributed by atoms with Crippen LogP contribution in [-0.2, 0) is 6.54 Å². The van der Waals surface area contributed by atoms with Gasteiger partial charge in [0.2, 0.25) is 0 Å². The van der Waals surface area contributed by atoms with Crippen molar-refractivity contribution < 1.29 is 10.2 Å². The van der Waals surface area contributed by atoms with Gasteiger partial charge in [-0.25, -0.2) is 0 Å². The smallest absolute Gasteiger partial charge is 0.198 e. The zero-order valence-corrected chi connectivity index (χ0v) is 12.3. The number of aromatic hydroxyl groups is 2. The molecule has 2 aliphatic rings. The van der Waals surface area contributed by atoms with Crippen LogP contribution in [0.15, 0.2) is 12.2 Å². The highest BCUT2D eigenvalue weighted by atomic mass is 16.3. The van der Waals surface area contributed by atoms with E-state index in [2.05, 4.69) is 19.1 Å². The third-order valence-corrected chi connectivity index (χ3v) is 4.84. The van der Waals surface area contributed by atoms with Gasteiger partial charge in [-0.3, -0.25) is 4.57 Å². The fourth-order valence-corrected chi connectivity index (χ4v) is 3.75. The second-order valence-electron chi connectivity index (χ2n) is 6.23. The topological polar surface area (TPSA) is 45.4 Å². The summed E-state index contributed by atoms with van der Waals surface area (Å²) in [5.41, 5.74) is 1.97. The number of aromatic nitrogens is 1. The largest absolute Gasteiger partial charge is 0.494 e. The van der Waals surface area contributed by atoms with E-state index < -0.39 is 0 Å². The molecule has 0 saturated heterocycles. The number of rotatable bonds is 7. The summed E-state index contributed by atoms with van der Waals surface area (Å²) in [6.07, 6.45) is 12.7. The fourth-order valence-electron chi connectivity index (χ4n) is 3.75. The summed E-state index contributed by atoms with van der Waals surface area (Å²) in [5, 5.41) is 20.7. The first-order chi connectivity index (χ1) is 9.74. The first kappa shape index (κ1) is 13.6. The zero-order valence-electron chi connectivity index (χ0n) is 12.3. The molecule has 1 aromatic rings. The van der Waals surface area contributed by atoms with Crippen molar-refractivity contribution in [1.82, 2.24) is 4.57 Å². The van der Waals surface area contributed by atoms with Crippen LogP contribution in [0.1, 0.15) is 74.8 Å². The van der Waals surface area contributed by atoms with E-state index in [1.807, 2.05) is 0 Å². The molecule has 1 heterocycles. The predicted octanol–water partition coefficient (Wildman–Crippen LogP) is 4.40. The van der Waals surface area contributed by atoms with Gasteiger partial charge < -0.3 is 10.2 Å². The highest BCUT2D eigenvalue weighted by molar-refractivity contribution is 5.58. The second kappa shape index (κ2) is 5.55. The maximum Gasteiger partial charge on any atom is 0.198 e. The first-order valence-corrected chi connectivity index (χ1v) is 8.06. The average molecular weight is 275 g/mol. The lowest BCUT2D eigenvalue weighted by atomic mass is 10.0. The summed E-state index contributed by atoms with van der Waals surface area (Å²) in [4.78, 5) is 0. The molecule has 1 aromatic heterocycles. The maximum atomic E-state index is 10.4. The Hall–Kier alpha value is -1.38. The minimum atomic E-state index is 0.308. The normalized spacial score (nSPS) is 22.6. The van der Waals surface area contributed by atoms with Gasteiger partial charge in [-0.15, -0.1) is 0 Å². The van der Waals surface area contributed by atoms with E-state index in [9.17, 15) is 10.2 Å². The van der Waals surface area contributed by atoms with Crippen LogP contribution in [0.25, 0.3) is 0 Å². The molecule has 2 unspecified atom stereocenters. The molecule has 0 amide bonds. The number of allylic oxidation sites excluding steroid dienone is 2. The molecule has 0 aliphatic heterocycles. The lowest BCUT2D eigenvalue weighted by molar-refractivity contribution is 0.355. The van der Waals surface area contributed by atoms with Crippen LogP contribution >= 0.6 is 0 Å². The summed E-state index contributed by atoms with van der Waals surface area (Å²) in [6, 6.07) is 0. The molecule has 3 heteroatoms. The Bertz CT molecular complexity index is 480. The van der Waals surface area contributed by atoms with Gasteiger partial charge >= 0.3 is 0 Å². The minimum Gasteiger partial charge on any atom is -0.494 e. The molecular formula is C17H25NO2. The van der Waals surface area contributed by atoms with Gasteiger partial charge in [-0.05, 0) is 12.8 Å². The molecule has 20 heavy (non-hydrogen) atoms. The van der Waals surface area contributed by atoms with E-state index in [4.69, 9.17) is 0 Å². The van der Waals surface area contributed by atoms with Gasteiger partial charge in [-0.2, -0.15) is 0 Å². The summed E-state index contributed by atoms with van der Waals surface area (Å²) < 4.78 is 1.72. The summed E-state index contributed by atoms with van der Waals surface area (Å²) in [7, 11) is 0. The number of fused-ring (bicyclic) bond motifs is 5. The van der Waals surface area contributed by atoms with Gasteiger partial charge in [-0.1, -0.05) is 51.2 Å². The summed E-state index contributed by atoms with van der Waals surface area (Å²) >= 11 is 0. The van der Waals surface area contributed by atoms with Crippen molar-refractivity contribution >= 4 is 0 Å². The van der Waals surface area contributed by atoms with E-state index >= 15 is 0 Å². The van der Waals surface area contributed by atoms with Crippen molar-refractivity contribution in [2.24, 2.45) is 0 Å². The molecule has 0 radical (unpaired) electrons. The quantitative estimate of drug-likeness (QED) is 0.572. The van der Waals surface area contributed by atoms with Gasteiger partial charge in [0.25, 0.3) is 0 Å². The Kier molecular flexibility index (Phi) is 3.77. The molecule has 2 N–H and O–H groups in total. The SMILES string of the molecule is CCCCCCCCn1c(O)c2c(c1O)C1C=CC2C1. The third kappa shape index (κ3) is 2.13. The minimum absolute atomic E-state index is 0.308. The van der Waals surface area contributed by atoms with Crippen LogP contribution in [-0.4, -0.2) is 14.8 Å². The van der Waals surface area contributed by atoms with E-state index in [0.29, 0.717) is 23.6 Å². The van der Waals surface area contributed by atoms with Gasteiger partial charge in [0.1, 0.15) is 0 Å². The lowest BCUT2D eigenvalue weighted by Crippen LogP contribution is -1.99. The molecule has 110 valence electrons. The van der Waals surface area contributed by atoms with E-state index in [1.54, 1.807) is 4.57 Å². The van der Waals surface area contributed by atoms with Crippen LogP contribution in [0.4, 0.5) is 0 Å². The molecular weight excluding hydrogens is 250 g/mol. The highest BCUT2D eigenvalue weighted by Gasteiger charge is 2.40. The van der Waals surface area contributed by atoms with E-state index in [-0.39, 0.29) is 0 Å². The Balaban J connectivity index is 1.61. The van der Waals surface area contributed by atoms with Crippen LogP contribution in [0, 0.1) is 0 Å². The number of unbranched alkanes of at least 4 members (excludes halogenated alkanes) is 5. The van der Waals surface area contributed by atoms with Gasteiger partial charge in [0, 0.05) is 29.5 Å². The molecule has 0 fully saturated rings. The highest BCUT2D eigenvalue weighted by Crippen LogP contribution is 2.56. The van der Waals surface area contributed by atoms with Crippen LogP contribution in [0.2, 0.25) is 0 Å². The number of hydrogen-bond acceptors (Lipinski definition) is 2. The average Bonchev–Trinajstić information content (AvgIpc) is 3.11. The Labute approximate surface area is 120 Å². The monoisotopic (exact) mass is 275 g/mol. The van der Waals surface area contributed by atoms with Crippen LogP contribution in [0.3, 0.4) is 0 Å². The molecule has 2 atom stereocenters. The summed E-state index contributed by atoms with van der Waals surface area (Å²) in [5.74, 6) is 1.27. The van der Waals surface area contributed by atoms with Crippen molar-refractivity contribution in [3.05, 3.63) is 23.3 Å². The standard InChI is InChI=1S/C17H25NO2/c1-2-3-4-5-6-7-10-18-16(19)14-12-8-9-13(11-12)15(14)17(18)20/h8-9,12-13,19-20H,2-7,10-11H2,1H3. The van der Waals surface area contributed by atoms with Crippen molar-refractivity contribution in [2.45, 2.75) is 70.3 Å². The summed E-state index contributed by atoms with van der Waals surface area (Å²) in [6.45, 7) is 2.95. The molecule has 0 aromatic carbocycles. The molecule has 0 saturated carbocycles. The molecule has 2 bridgehead atoms.